The Kier molecular flexibility index (Phi) is 4.15. The topological polar surface area (TPSA) is 112 Å². The van der Waals surface area contributed by atoms with Gasteiger partial charge in [0.2, 0.25) is 0 Å². The van der Waals surface area contributed by atoms with Gasteiger partial charge in [0.1, 0.15) is 0 Å². The molecule has 1 unspecified atom stereocenters. The summed E-state index contributed by atoms with van der Waals surface area (Å²) in [5, 5.41) is 16.8. The minimum atomic E-state index is -4.05. The van der Waals surface area contributed by atoms with Crippen LogP contribution in [0.1, 0.15) is 12.8 Å². The Bertz CT molecular complexity index is 243. The highest BCUT2D eigenvalue weighted by molar-refractivity contribution is 7.85. The van der Waals surface area contributed by atoms with Crippen molar-refractivity contribution in [2.45, 2.75) is 18.9 Å². The van der Waals surface area contributed by atoms with E-state index < -0.39 is 27.9 Å². The number of rotatable bonds is 5. The minimum Gasteiger partial charge on any atom is -0.479 e. The molecule has 0 aliphatic carbocycles. The molecule has 6 nitrogen and oxygen atoms in total. The van der Waals surface area contributed by atoms with Gasteiger partial charge in [-0.3, -0.25) is 4.55 Å². The van der Waals surface area contributed by atoms with E-state index in [2.05, 4.69) is 0 Å². The van der Waals surface area contributed by atoms with Gasteiger partial charge in [0, 0.05) is 0 Å². The van der Waals surface area contributed by atoms with Gasteiger partial charge in [-0.1, -0.05) is 0 Å². The summed E-state index contributed by atoms with van der Waals surface area (Å²) in [5.74, 6) is -1.93. The van der Waals surface area contributed by atoms with Gasteiger partial charge in [0.25, 0.3) is 10.1 Å². The maximum Gasteiger partial charge on any atom is 0.332 e. The Hall–Kier alpha value is -0.660. The van der Waals surface area contributed by atoms with Gasteiger partial charge in [-0.05, 0) is 12.8 Å². The largest absolute Gasteiger partial charge is 0.479 e. The lowest BCUT2D eigenvalue weighted by Crippen LogP contribution is -2.20. The van der Waals surface area contributed by atoms with E-state index in [0.29, 0.717) is 0 Å². The molecular formula is C5H10O6S. The Labute approximate surface area is 69.6 Å². The van der Waals surface area contributed by atoms with E-state index in [0.717, 1.165) is 0 Å². The molecule has 0 aromatic rings. The molecule has 0 bridgehead atoms. The number of carbonyl (C=O) groups is 1. The van der Waals surface area contributed by atoms with E-state index >= 15 is 0 Å². The summed E-state index contributed by atoms with van der Waals surface area (Å²) in [6.45, 7) is 0. The molecule has 0 aliphatic rings. The molecule has 0 amide bonds. The molecule has 0 aromatic carbocycles. The molecule has 72 valence electrons. The third kappa shape index (κ3) is 6.08. The molecule has 0 fully saturated rings. The fourth-order valence-corrected chi connectivity index (χ4v) is 1.11. The van der Waals surface area contributed by atoms with Crippen molar-refractivity contribution in [3.8, 4) is 0 Å². The lowest BCUT2D eigenvalue weighted by atomic mass is 10.2. The number of hydrogen-bond acceptors (Lipinski definition) is 4. The van der Waals surface area contributed by atoms with E-state index in [-0.39, 0.29) is 12.8 Å². The quantitative estimate of drug-likeness (QED) is 0.493. The predicted octanol–water partition coefficient (Wildman–Crippen LogP) is -0.900. The van der Waals surface area contributed by atoms with Crippen LogP contribution in [0.4, 0.5) is 0 Å². The number of aliphatic hydroxyl groups is 1. The SMILES string of the molecule is O=C(O)C(O)CCCS(=O)(=O)O. The van der Waals surface area contributed by atoms with Gasteiger partial charge in [-0.2, -0.15) is 8.42 Å². The third-order valence-corrected chi connectivity index (χ3v) is 1.97. The van der Waals surface area contributed by atoms with Crippen molar-refractivity contribution in [3.05, 3.63) is 0 Å². The van der Waals surface area contributed by atoms with Gasteiger partial charge in [-0.25, -0.2) is 4.79 Å². The molecule has 0 saturated heterocycles. The second kappa shape index (κ2) is 4.39. The first-order valence-corrected chi connectivity index (χ1v) is 4.80. The lowest BCUT2D eigenvalue weighted by Gasteiger charge is -2.02. The first-order chi connectivity index (χ1) is 5.33. The van der Waals surface area contributed by atoms with Crippen molar-refractivity contribution >= 4 is 16.1 Å². The fraction of sp³-hybridized carbons (Fsp3) is 0.800. The molecule has 0 heterocycles. The van der Waals surface area contributed by atoms with Crippen LogP contribution in [0, 0.1) is 0 Å². The van der Waals surface area contributed by atoms with E-state index in [9.17, 15) is 13.2 Å². The van der Waals surface area contributed by atoms with Crippen molar-refractivity contribution in [3.63, 3.8) is 0 Å². The number of aliphatic carboxylic acids is 1. The number of carboxylic acid groups (broad SMARTS) is 1. The third-order valence-electron chi connectivity index (χ3n) is 1.16. The Balaban J connectivity index is 3.65. The summed E-state index contributed by atoms with van der Waals surface area (Å²) in [6, 6.07) is 0. The van der Waals surface area contributed by atoms with Gasteiger partial charge >= 0.3 is 5.97 Å². The fourth-order valence-electron chi connectivity index (χ4n) is 0.583. The van der Waals surface area contributed by atoms with E-state index in [1.54, 1.807) is 0 Å². The molecule has 12 heavy (non-hydrogen) atoms. The Morgan fingerprint density at radius 3 is 2.25 bits per heavy atom. The molecule has 0 spiro atoms. The van der Waals surface area contributed by atoms with Gasteiger partial charge < -0.3 is 10.2 Å². The summed E-state index contributed by atoms with van der Waals surface area (Å²) in [6.07, 6.45) is -1.83. The van der Waals surface area contributed by atoms with Gasteiger partial charge in [0.05, 0.1) is 5.75 Å². The van der Waals surface area contributed by atoms with Crippen LogP contribution in [0.3, 0.4) is 0 Å². The van der Waals surface area contributed by atoms with E-state index in [1.165, 1.54) is 0 Å². The van der Waals surface area contributed by atoms with Crippen LogP contribution in [-0.4, -0.2) is 41.0 Å². The van der Waals surface area contributed by atoms with Crippen LogP contribution in [0.15, 0.2) is 0 Å². The average Bonchev–Trinajstić information content (AvgIpc) is 1.84. The predicted molar refractivity (Wildman–Crippen MR) is 39.3 cm³/mol. The van der Waals surface area contributed by atoms with Crippen LogP contribution in [-0.2, 0) is 14.9 Å². The van der Waals surface area contributed by atoms with Crippen molar-refractivity contribution in [2.75, 3.05) is 5.75 Å². The first-order valence-electron chi connectivity index (χ1n) is 3.19. The van der Waals surface area contributed by atoms with Crippen LogP contribution in [0.25, 0.3) is 0 Å². The molecule has 0 radical (unpaired) electrons. The molecular weight excluding hydrogens is 188 g/mol. The highest BCUT2D eigenvalue weighted by atomic mass is 32.2. The normalized spacial score (nSPS) is 14.2. The minimum absolute atomic E-state index is 0.0771. The van der Waals surface area contributed by atoms with E-state index in [1.807, 2.05) is 0 Å². The van der Waals surface area contributed by atoms with Crippen LogP contribution in [0.2, 0.25) is 0 Å². The number of carboxylic acids is 1. The zero-order valence-electron chi connectivity index (χ0n) is 6.17. The standard InChI is InChI=1S/C5H10O6S/c6-4(5(7)8)2-1-3-12(9,10)11/h4,6H,1-3H2,(H,7,8)(H,9,10,11). The number of hydrogen-bond donors (Lipinski definition) is 3. The summed E-state index contributed by atoms with van der Waals surface area (Å²) in [7, 11) is -4.05. The molecule has 0 aliphatic heterocycles. The molecule has 0 rings (SSSR count). The molecule has 0 aromatic heterocycles. The second-order valence-electron chi connectivity index (χ2n) is 2.28. The number of aliphatic hydroxyl groups excluding tert-OH is 1. The monoisotopic (exact) mass is 198 g/mol. The summed E-state index contributed by atoms with van der Waals surface area (Å²) < 4.78 is 28.4. The smallest absolute Gasteiger partial charge is 0.332 e. The van der Waals surface area contributed by atoms with Gasteiger partial charge in [-0.15, -0.1) is 0 Å². The zero-order chi connectivity index (χ0) is 9.78. The van der Waals surface area contributed by atoms with Crippen LogP contribution in [0.5, 0.6) is 0 Å². The van der Waals surface area contributed by atoms with Crippen molar-refractivity contribution in [1.82, 2.24) is 0 Å². The molecule has 1 atom stereocenters. The zero-order valence-corrected chi connectivity index (χ0v) is 6.99. The highest BCUT2D eigenvalue weighted by Gasteiger charge is 2.14. The molecule has 3 N–H and O–H groups in total. The molecule has 0 saturated carbocycles. The first kappa shape index (κ1) is 11.3. The summed E-state index contributed by atoms with van der Waals surface area (Å²) >= 11 is 0. The maximum atomic E-state index is 10.1. The van der Waals surface area contributed by atoms with Crippen molar-refractivity contribution in [1.29, 1.82) is 0 Å². The second-order valence-corrected chi connectivity index (χ2v) is 3.85. The lowest BCUT2D eigenvalue weighted by molar-refractivity contribution is -0.146. The Morgan fingerprint density at radius 1 is 1.42 bits per heavy atom. The average molecular weight is 198 g/mol. The summed E-state index contributed by atoms with van der Waals surface area (Å²) in [5.41, 5.74) is 0. The van der Waals surface area contributed by atoms with Crippen molar-refractivity contribution < 1.29 is 28.0 Å². The highest BCUT2D eigenvalue weighted by Crippen LogP contribution is 1.99. The Morgan fingerprint density at radius 2 is 1.92 bits per heavy atom. The van der Waals surface area contributed by atoms with E-state index in [4.69, 9.17) is 14.8 Å². The van der Waals surface area contributed by atoms with Crippen LogP contribution >= 0.6 is 0 Å². The van der Waals surface area contributed by atoms with Gasteiger partial charge in [0.15, 0.2) is 6.10 Å². The summed E-state index contributed by atoms with van der Waals surface area (Å²) in [4.78, 5) is 9.99. The maximum absolute atomic E-state index is 10.1. The molecule has 7 heteroatoms. The van der Waals surface area contributed by atoms with Crippen molar-refractivity contribution in [2.24, 2.45) is 0 Å². The van der Waals surface area contributed by atoms with Crippen LogP contribution < -0.4 is 0 Å².